The highest BCUT2D eigenvalue weighted by Crippen LogP contribution is 2.36. The Morgan fingerprint density at radius 3 is 1.30 bits per heavy atom. The van der Waals surface area contributed by atoms with Gasteiger partial charge in [0.05, 0.1) is 6.61 Å². The highest BCUT2D eigenvalue weighted by Gasteiger charge is 2.22. The quantitative estimate of drug-likeness (QED) is 0.0275. The summed E-state index contributed by atoms with van der Waals surface area (Å²) in [5, 5.41) is 0. The second kappa shape index (κ2) is 40.2. The predicted octanol–water partition coefficient (Wildman–Crippen LogP) is 13.1. The molecule has 8 nitrogen and oxygen atoms in total. The molecule has 1 atom stereocenters. The van der Waals surface area contributed by atoms with Crippen molar-refractivity contribution >= 4 is 19.8 Å². The van der Waals surface area contributed by atoms with Gasteiger partial charge in [0.2, 0.25) is 0 Å². The first-order valence-electron chi connectivity index (χ1n) is 21.2. The number of hydrogen-bond donors (Lipinski definition) is 2. The Balaban J connectivity index is 4.01. The summed E-state index contributed by atoms with van der Waals surface area (Å²) in [6, 6.07) is 0. The van der Waals surface area contributed by atoms with Gasteiger partial charge in [-0.05, 0) is 83.5 Å². The van der Waals surface area contributed by atoms with Crippen molar-refractivity contribution in [3.05, 3.63) is 72.9 Å². The summed E-state index contributed by atoms with van der Waals surface area (Å²) in [7, 11) is -4.77. The first kappa shape index (κ1) is 51.5. The fraction of sp³-hybridized carbons (Fsp3) is 0.689. The standard InChI is InChI=1S/C45H77O8P/c1-3-5-7-9-11-13-15-17-19-21-22-24-25-27-29-31-33-35-37-39-44(46)51-41-43(42-52-54(48,49)50)53-45(47)40-38-36-34-32-30-28-26-23-20-18-16-14-12-10-8-6-4-2/h11-14,17-20,26,28,32,34,43H,3-10,15-16,21-25,27,29-31,33,35-42H2,1-2H3,(H2,48,49,50)/b13-11-,14-12-,19-17-,20-18-,28-26-,34-32-/t43-/m1/s1. The van der Waals surface area contributed by atoms with E-state index < -0.39 is 32.5 Å². The van der Waals surface area contributed by atoms with Crippen LogP contribution in [-0.4, -0.2) is 41.0 Å². The van der Waals surface area contributed by atoms with Gasteiger partial charge < -0.3 is 19.3 Å². The first-order chi connectivity index (χ1) is 26.3. The Bertz CT molecular complexity index is 1100. The van der Waals surface area contributed by atoms with E-state index in [-0.39, 0.29) is 19.4 Å². The van der Waals surface area contributed by atoms with Crippen molar-refractivity contribution in [1.29, 1.82) is 0 Å². The minimum absolute atomic E-state index is 0.132. The van der Waals surface area contributed by atoms with Crippen LogP contribution in [0.4, 0.5) is 0 Å². The Labute approximate surface area is 329 Å². The molecule has 0 heterocycles. The topological polar surface area (TPSA) is 119 Å². The molecule has 0 fully saturated rings. The number of hydrogen-bond acceptors (Lipinski definition) is 6. The lowest BCUT2D eigenvalue weighted by Gasteiger charge is -2.18. The van der Waals surface area contributed by atoms with Gasteiger partial charge in [0.1, 0.15) is 6.61 Å². The molecule has 0 rings (SSSR count). The molecular formula is C45H77O8P. The van der Waals surface area contributed by atoms with Crippen LogP contribution in [0, 0.1) is 0 Å². The van der Waals surface area contributed by atoms with Crippen LogP contribution < -0.4 is 0 Å². The van der Waals surface area contributed by atoms with Crippen molar-refractivity contribution < 1.29 is 37.9 Å². The summed E-state index contributed by atoms with van der Waals surface area (Å²) in [6.45, 7) is 3.58. The Morgan fingerprint density at radius 2 is 0.852 bits per heavy atom. The number of ether oxygens (including phenoxy) is 2. The molecule has 0 aromatic carbocycles. The summed E-state index contributed by atoms with van der Waals surface area (Å²) in [5.41, 5.74) is 0. The highest BCUT2D eigenvalue weighted by atomic mass is 31.2. The fourth-order valence-electron chi connectivity index (χ4n) is 5.51. The Hall–Kier alpha value is -2.51. The molecule has 0 aliphatic carbocycles. The molecule has 0 aliphatic rings. The summed E-state index contributed by atoms with van der Waals surface area (Å²) < 4.78 is 26.3. The lowest BCUT2D eigenvalue weighted by atomic mass is 10.1. The zero-order valence-electron chi connectivity index (χ0n) is 34.1. The van der Waals surface area contributed by atoms with Crippen LogP contribution in [0.2, 0.25) is 0 Å². The molecule has 0 amide bonds. The fourth-order valence-corrected chi connectivity index (χ4v) is 5.87. The molecular weight excluding hydrogens is 699 g/mol. The molecule has 0 spiro atoms. The lowest BCUT2D eigenvalue weighted by Crippen LogP contribution is -2.29. The van der Waals surface area contributed by atoms with Crippen LogP contribution >= 0.6 is 7.82 Å². The molecule has 0 aromatic heterocycles. The molecule has 0 aromatic rings. The smallest absolute Gasteiger partial charge is 0.462 e. The van der Waals surface area contributed by atoms with Gasteiger partial charge in [-0.25, -0.2) is 4.57 Å². The number of unbranched alkanes of at least 4 members (excludes halogenated alkanes) is 16. The maximum Gasteiger partial charge on any atom is 0.469 e. The van der Waals surface area contributed by atoms with Crippen molar-refractivity contribution in [2.75, 3.05) is 13.2 Å². The number of phosphoric acid groups is 1. The molecule has 0 bridgehead atoms. The molecule has 310 valence electrons. The van der Waals surface area contributed by atoms with Gasteiger partial charge in [-0.1, -0.05) is 157 Å². The van der Waals surface area contributed by atoms with E-state index >= 15 is 0 Å². The molecule has 0 unspecified atom stereocenters. The van der Waals surface area contributed by atoms with E-state index in [1.54, 1.807) is 0 Å². The third-order valence-corrected chi connectivity index (χ3v) is 9.18. The van der Waals surface area contributed by atoms with Crippen LogP contribution in [0.5, 0.6) is 0 Å². The third kappa shape index (κ3) is 42.2. The zero-order chi connectivity index (χ0) is 39.6. The van der Waals surface area contributed by atoms with Gasteiger partial charge in [0, 0.05) is 12.8 Å². The molecule has 54 heavy (non-hydrogen) atoms. The predicted molar refractivity (Wildman–Crippen MR) is 225 cm³/mol. The number of rotatable bonds is 38. The van der Waals surface area contributed by atoms with Crippen LogP contribution in [0.25, 0.3) is 0 Å². The van der Waals surface area contributed by atoms with Crippen LogP contribution in [-0.2, 0) is 28.2 Å². The molecule has 0 radical (unpaired) electrons. The van der Waals surface area contributed by atoms with Gasteiger partial charge in [0.25, 0.3) is 0 Å². The van der Waals surface area contributed by atoms with Crippen molar-refractivity contribution in [2.45, 2.75) is 187 Å². The third-order valence-electron chi connectivity index (χ3n) is 8.70. The molecule has 2 N–H and O–H groups in total. The largest absolute Gasteiger partial charge is 0.469 e. The second-order valence-electron chi connectivity index (χ2n) is 14.0. The van der Waals surface area contributed by atoms with Crippen LogP contribution in [0.3, 0.4) is 0 Å². The van der Waals surface area contributed by atoms with Gasteiger partial charge in [-0.3, -0.25) is 14.1 Å². The summed E-state index contributed by atoms with van der Waals surface area (Å²) in [4.78, 5) is 42.8. The van der Waals surface area contributed by atoms with Gasteiger partial charge in [-0.15, -0.1) is 0 Å². The molecule has 0 saturated carbocycles. The Kier molecular flexibility index (Phi) is 38.3. The monoisotopic (exact) mass is 777 g/mol. The maximum atomic E-state index is 12.4. The SMILES string of the molecule is CCCCC/C=C\C/C=C\C/C=C\C/C=C\CCCC(=O)O[C@H](COC(=O)CCCCCCCCCCC/C=C\C/C=C\CCCCC)COP(=O)(O)O. The van der Waals surface area contributed by atoms with Crippen molar-refractivity contribution in [2.24, 2.45) is 0 Å². The summed E-state index contributed by atoms with van der Waals surface area (Å²) in [6.07, 6.45) is 51.9. The van der Waals surface area contributed by atoms with Gasteiger partial charge >= 0.3 is 19.8 Å². The van der Waals surface area contributed by atoms with E-state index in [1.807, 2.05) is 6.08 Å². The number of carbonyl (C=O) groups is 2. The highest BCUT2D eigenvalue weighted by molar-refractivity contribution is 7.46. The van der Waals surface area contributed by atoms with E-state index in [0.717, 1.165) is 51.4 Å². The molecule has 0 saturated heterocycles. The summed E-state index contributed by atoms with van der Waals surface area (Å²) in [5.74, 6) is -0.959. The molecule has 9 heteroatoms. The van der Waals surface area contributed by atoms with E-state index in [2.05, 4.69) is 85.2 Å². The Morgan fingerprint density at radius 1 is 0.481 bits per heavy atom. The van der Waals surface area contributed by atoms with Gasteiger partial charge in [-0.2, -0.15) is 0 Å². The van der Waals surface area contributed by atoms with Crippen molar-refractivity contribution in [3.8, 4) is 0 Å². The minimum atomic E-state index is -4.77. The van der Waals surface area contributed by atoms with E-state index in [4.69, 9.17) is 19.3 Å². The molecule has 0 aliphatic heterocycles. The van der Waals surface area contributed by atoms with Crippen molar-refractivity contribution in [3.63, 3.8) is 0 Å². The first-order valence-corrected chi connectivity index (χ1v) is 22.8. The number of phosphoric ester groups is 1. The normalized spacial score (nSPS) is 13.2. The van der Waals surface area contributed by atoms with Crippen molar-refractivity contribution in [1.82, 2.24) is 0 Å². The maximum absolute atomic E-state index is 12.4. The lowest BCUT2D eigenvalue weighted by molar-refractivity contribution is -0.161. The number of allylic oxidation sites excluding steroid dienone is 12. The van der Waals surface area contributed by atoms with Crippen LogP contribution in [0.1, 0.15) is 181 Å². The average molecular weight is 777 g/mol. The van der Waals surface area contributed by atoms with E-state index in [0.29, 0.717) is 19.3 Å². The van der Waals surface area contributed by atoms with E-state index in [9.17, 15) is 14.2 Å². The van der Waals surface area contributed by atoms with Crippen LogP contribution in [0.15, 0.2) is 72.9 Å². The number of esters is 2. The zero-order valence-corrected chi connectivity index (χ0v) is 35.0. The van der Waals surface area contributed by atoms with Gasteiger partial charge in [0.15, 0.2) is 6.10 Å². The summed E-state index contributed by atoms with van der Waals surface area (Å²) >= 11 is 0. The second-order valence-corrected chi connectivity index (χ2v) is 15.2. The van der Waals surface area contributed by atoms with E-state index in [1.165, 1.54) is 83.5 Å². The minimum Gasteiger partial charge on any atom is -0.462 e. The average Bonchev–Trinajstić information content (AvgIpc) is 3.14. The number of carbonyl (C=O) groups excluding carboxylic acids is 2.